The highest BCUT2D eigenvalue weighted by Gasteiger charge is 2.32. The molecule has 128 valence electrons. The van der Waals surface area contributed by atoms with Gasteiger partial charge >= 0.3 is 12.0 Å². The van der Waals surface area contributed by atoms with Gasteiger partial charge in [0.25, 0.3) is 0 Å². The normalized spacial score (nSPS) is 23.7. The molecular weight excluding hydrogens is 376 g/mol. The molecule has 0 unspecified atom stereocenters. The van der Waals surface area contributed by atoms with Gasteiger partial charge in [0.05, 0.1) is 17.7 Å². The number of carbonyl (C=O) groups excluding carboxylic acids is 2. The molecule has 0 aromatic heterocycles. The van der Waals surface area contributed by atoms with Crippen LogP contribution in [0.2, 0.25) is 0 Å². The molecule has 3 rings (SSSR count). The largest absolute Gasteiger partial charge is 0.459 e. The van der Waals surface area contributed by atoms with Gasteiger partial charge in [-0.05, 0) is 37.5 Å². The van der Waals surface area contributed by atoms with Crippen molar-refractivity contribution in [2.24, 2.45) is 0 Å². The molecule has 2 aliphatic heterocycles. The highest BCUT2D eigenvalue weighted by molar-refractivity contribution is 9.10. The van der Waals surface area contributed by atoms with Crippen LogP contribution in [0.15, 0.2) is 40.0 Å². The molecule has 1 fully saturated rings. The maximum absolute atomic E-state index is 12.6. The van der Waals surface area contributed by atoms with E-state index in [4.69, 9.17) is 9.47 Å². The number of nitrogens with one attached hydrogen (secondary N) is 2. The average Bonchev–Trinajstić information content (AvgIpc) is 3.06. The summed E-state index contributed by atoms with van der Waals surface area (Å²) in [5, 5.41) is 5.42. The molecule has 6 nitrogen and oxygen atoms in total. The lowest BCUT2D eigenvalue weighted by atomic mass is 9.96. The van der Waals surface area contributed by atoms with Crippen LogP contribution in [-0.4, -0.2) is 31.3 Å². The fraction of sp³-hybridized carbons (Fsp3) is 0.412. The second kappa shape index (κ2) is 7.36. The van der Waals surface area contributed by atoms with Crippen LogP contribution >= 0.6 is 15.9 Å². The zero-order chi connectivity index (χ0) is 17.1. The molecule has 1 saturated heterocycles. The fourth-order valence-electron chi connectivity index (χ4n) is 2.89. The lowest BCUT2D eigenvalue weighted by molar-refractivity contribution is -0.142. The number of allylic oxidation sites excluding steroid dienone is 1. The van der Waals surface area contributed by atoms with Crippen LogP contribution in [0.1, 0.15) is 31.4 Å². The summed E-state index contributed by atoms with van der Waals surface area (Å²) in [5.41, 5.74) is 1.73. The molecule has 0 radical (unpaired) electrons. The van der Waals surface area contributed by atoms with Gasteiger partial charge in [0.15, 0.2) is 0 Å². The number of urea groups is 1. The van der Waals surface area contributed by atoms with E-state index in [0.717, 1.165) is 22.9 Å². The molecule has 24 heavy (non-hydrogen) atoms. The van der Waals surface area contributed by atoms with Crippen molar-refractivity contribution in [1.29, 1.82) is 0 Å². The van der Waals surface area contributed by atoms with Crippen molar-refractivity contribution in [1.82, 2.24) is 10.6 Å². The van der Waals surface area contributed by atoms with Gasteiger partial charge in [0, 0.05) is 16.8 Å². The standard InChI is InChI=1S/C17H19BrN2O4/c1-10-14(16(21)24-9-13-3-2-8-23-13)15(20-17(22)19-10)11-4-6-12(18)7-5-11/h4-7,13,15H,2-3,8-9H2,1H3,(H2,19,20,22)/t13-,15-/m0/s1. The summed E-state index contributed by atoms with van der Waals surface area (Å²) >= 11 is 3.38. The molecule has 2 aliphatic rings. The van der Waals surface area contributed by atoms with Crippen molar-refractivity contribution in [2.75, 3.05) is 13.2 Å². The van der Waals surface area contributed by atoms with Crippen LogP contribution in [0.3, 0.4) is 0 Å². The number of carbonyl (C=O) groups is 2. The summed E-state index contributed by atoms with van der Waals surface area (Å²) in [7, 11) is 0. The minimum atomic E-state index is -0.538. The zero-order valence-corrected chi connectivity index (χ0v) is 14.9. The topological polar surface area (TPSA) is 76.7 Å². The third kappa shape index (κ3) is 3.79. The number of benzene rings is 1. The Morgan fingerprint density at radius 1 is 1.38 bits per heavy atom. The molecule has 2 heterocycles. The molecule has 2 N–H and O–H groups in total. The monoisotopic (exact) mass is 394 g/mol. The van der Waals surface area contributed by atoms with E-state index in [9.17, 15) is 9.59 Å². The van der Waals surface area contributed by atoms with E-state index in [1.807, 2.05) is 24.3 Å². The third-order valence-corrected chi connectivity index (χ3v) is 4.65. The first-order chi connectivity index (χ1) is 11.5. The maximum Gasteiger partial charge on any atom is 0.338 e. The Hall–Kier alpha value is -1.86. The molecule has 0 spiro atoms. The zero-order valence-electron chi connectivity index (χ0n) is 13.3. The van der Waals surface area contributed by atoms with E-state index in [-0.39, 0.29) is 18.7 Å². The Morgan fingerprint density at radius 2 is 2.12 bits per heavy atom. The van der Waals surface area contributed by atoms with Crippen LogP contribution < -0.4 is 10.6 Å². The van der Waals surface area contributed by atoms with Crippen LogP contribution in [0, 0.1) is 0 Å². The van der Waals surface area contributed by atoms with E-state index in [2.05, 4.69) is 26.6 Å². The molecule has 1 aromatic rings. The van der Waals surface area contributed by atoms with Crippen LogP contribution in [0.4, 0.5) is 4.79 Å². The highest BCUT2D eigenvalue weighted by atomic mass is 79.9. The van der Waals surface area contributed by atoms with Crippen molar-refractivity contribution < 1.29 is 19.1 Å². The molecule has 1 aromatic carbocycles. The lowest BCUT2D eigenvalue weighted by Gasteiger charge is -2.28. The molecule has 7 heteroatoms. The Labute approximate surface area is 148 Å². The smallest absolute Gasteiger partial charge is 0.338 e. The first kappa shape index (κ1) is 17.0. The van der Waals surface area contributed by atoms with Gasteiger partial charge in [0.2, 0.25) is 0 Å². The van der Waals surface area contributed by atoms with Gasteiger partial charge < -0.3 is 20.1 Å². The summed E-state index contributed by atoms with van der Waals surface area (Å²) in [5.74, 6) is -0.441. The Morgan fingerprint density at radius 3 is 2.79 bits per heavy atom. The van der Waals surface area contributed by atoms with Crippen molar-refractivity contribution in [2.45, 2.75) is 31.9 Å². The van der Waals surface area contributed by atoms with E-state index in [0.29, 0.717) is 17.9 Å². The number of hydrogen-bond donors (Lipinski definition) is 2. The van der Waals surface area contributed by atoms with Crippen molar-refractivity contribution in [3.63, 3.8) is 0 Å². The average molecular weight is 395 g/mol. The number of rotatable bonds is 4. The van der Waals surface area contributed by atoms with Gasteiger partial charge in [-0.3, -0.25) is 0 Å². The number of esters is 1. The SMILES string of the molecule is CC1=C(C(=O)OC[C@@H]2CCCO2)[C@H](c2ccc(Br)cc2)NC(=O)N1. The van der Waals surface area contributed by atoms with Gasteiger partial charge in [-0.15, -0.1) is 0 Å². The predicted molar refractivity (Wildman–Crippen MR) is 91.2 cm³/mol. The van der Waals surface area contributed by atoms with E-state index in [1.165, 1.54) is 0 Å². The number of hydrogen-bond acceptors (Lipinski definition) is 4. The highest BCUT2D eigenvalue weighted by Crippen LogP contribution is 2.28. The predicted octanol–water partition coefficient (Wildman–Crippen LogP) is 2.80. The first-order valence-electron chi connectivity index (χ1n) is 7.87. The molecule has 2 amide bonds. The van der Waals surface area contributed by atoms with Gasteiger partial charge in [0.1, 0.15) is 6.61 Å². The van der Waals surface area contributed by atoms with E-state index in [1.54, 1.807) is 6.92 Å². The van der Waals surface area contributed by atoms with Crippen LogP contribution in [0.25, 0.3) is 0 Å². The fourth-order valence-corrected chi connectivity index (χ4v) is 3.16. The second-order valence-electron chi connectivity index (χ2n) is 5.86. The van der Waals surface area contributed by atoms with Crippen LogP contribution in [-0.2, 0) is 14.3 Å². The Bertz CT molecular complexity index is 666. The maximum atomic E-state index is 12.6. The van der Waals surface area contributed by atoms with E-state index < -0.39 is 12.0 Å². The molecule has 2 atom stereocenters. The Kier molecular flexibility index (Phi) is 5.20. The number of amides is 2. The number of halogens is 1. The van der Waals surface area contributed by atoms with Crippen molar-refractivity contribution >= 4 is 27.9 Å². The molecular formula is C17H19BrN2O4. The molecule has 0 bridgehead atoms. The van der Waals surface area contributed by atoms with Crippen molar-refractivity contribution in [3.8, 4) is 0 Å². The summed E-state index contributed by atoms with van der Waals surface area (Å²) in [4.78, 5) is 24.4. The summed E-state index contributed by atoms with van der Waals surface area (Å²) in [6, 6.07) is 6.59. The van der Waals surface area contributed by atoms with Crippen molar-refractivity contribution in [3.05, 3.63) is 45.6 Å². The first-order valence-corrected chi connectivity index (χ1v) is 8.66. The van der Waals surface area contributed by atoms with E-state index >= 15 is 0 Å². The summed E-state index contributed by atoms with van der Waals surface area (Å²) in [6.45, 7) is 2.65. The van der Waals surface area contributed by atoms with Crippen LogP contribution in [0.5, 0.6) is 0 Å². The Balaban J connectivity index is 1.80. The molecule has 0 saturated carbocycles. The van der Waals surface area contributed by atoms with Gasteiger partial charge in [-0.2, -0.15) is 0 Å². The summed E-state index contributed by atoms with van der Waals surface area (Å²) < 4.78 is 11.8. The van der Waals surface area contributed by atoms with Gasteiger partial charge in [-0.1, -0.05) is 28.1 Å². The third-order valence-electron chi connectivity index (χ3n) is 4.12. The minimum Gasteiger partial charge on any atom is -0.459 e. The molecule has 0 aliphatic carbocycles. The summed E-state index contributed by atoms with van der Waals surface area (Å²) in [6.07, 6.45) is 1.85. The second-order valence-corrected chi connectivity index (χ2v) is 6.77. The quantitative estimate of drug-likeness (QED) is 0.769. The van der Waals surface area contributed by atoms with Gasteiger partial charge in [-0.25, -0.2) is 9.59 Å². The minimum absolute atomic E-state index is 0.0351. The lowest BCUT2D eigenvalue weighted by Crippen LogP contribution is -2.45. The number of ether oxygens (including phenoxy) is 2.